The molecule has 0 spiro atoms. The summed E-state index contributed by atoms with van der Waals surface area (Å²) in [5.74, 6) is -1.02. The normalized spacial score (nSPS) is 15.6. The molecule has 0 atom stereocenters. The summed E-state index contributed by atoms with van der Waals surface area (Å²) in [4.78, 5) is 13.2. The summed E-state index contributed by atoms with van der Waals surface area (Å²) in [6.07, 6.45) is 3.23. The van der Waals surface area contributed by atoms with Crippen LogP contribution in [0.1, 0.15) is 29.6 Å². The predicted octanol–water partition coefficient (Wildman–Crippen LogP) is 2.00. The zero-order chi connectivity index (χ0) is 15.8. The number of amides is 1. The number of hydrogen-bond acceptors (Lipinski definition) is 3. The van der Waals surface area contributed by atoms with Crippen LogP contribution in [0.2, 0.25) is 5.02 Å². The Balaban J connectivity index is 2.31. The summed E-state index contributed by atoms with van der Waals surface area (Å²) in [6.45, 7) is 0.519. The van der Waals surface area contributed by atoms with E-state index in [9.17, 15) is 17.6 Å². The lowest BCUT2D eigenvalue weighted by Gasteiger charge is -2.30. The molecule has 8 heteroatoms. The van der Waals surface area contributed by atoms with Gasteiger partial charge in [0, 0.05) is 13.6 Å². The minimum atomic E-state index is -4.12. The molecule has 0 aliphatic heterocycles. The van der Waals surface area contributed by atoms with Gasteiger partial charge in [0.25, 0.3) is 5.91 Å². The SMILES string of the molecule is CN(CC1CCC1)C(=O)c1cc(S(N)(=O)=O)c(Cl)cc1F. The second-order valence-corrected chi connectivity index (χ2v) is 7.23. The van der Waals surface area contributed by atoms with Crippen molar-refractivity contribution in [3.8, 4) is 0 Å². The van der Waals surface area contributed by atoms with Gasteiger partial charge in [-0.15, -0.1) is 0 Å². The molecule has 116 valence electrons. The second-order valence-electron chi connectivity index (χ2n) is 5.29. The van der Waals surface area contributed by atoms with E-state index in [1.807, 2.05) is 0 Å². The first-order chi connectivity index (χ1) is 9.70. The fourth-order valence-corrected chi connectivity index (χ4v) is 3.35. The van der Waals surface area contributed by atoms with E-state index >= 15 is 0 Å². The lowest BCUT2D eigenvalue weighted by Crippen LogP contribution is -2.34. The number of carbonyl (C=O) groups excluding carboxylic acids is 1. The number of sulfonamides is 1. The Morgan fingerprint density at radius 3 is 2.57 bits per heavy atom. The van der Waals surface area contributed by atoms with Crippen molar-refractivity contribution in [1.29, 1.82) is 0 Å². The molecule has 0 bridgehead atoms. The van der Waals surface area contributed by atoms with Crippen molar-refractivity contribution in [2.75, 3.05) is 13.6 Å². The van der Waals surface area contributed by atoms with E-state index in [0.29, 0.717) is 12.5 Å². The maximum Gasteiger partial charge on any atom is 0.256 e. The molecule has 0 heterocycles. The maximum absolute atomic E-state index is 13.9. The van der Waals surface area contributed by atoms with E-state index < -0.39 is 26.6 Å². The molecule has 1 fully saturated rings. The molecule has 5 nitrogen and oxygen atoms in total. The topological polar surface area (TPSA) is 80.5 Å². The lowest BCUT2D eigenvalue weighted by atomic mass is 9.85. The summed E-state index contributed by atoms with van der Waals surface area (Å²) in [6, 6.07) is 1.69. The van der Waals surface area contributed by atoms with Gasteiger partial charge in [0.15, 0.2) is 0 Å². The molecule has 0 aromatic heterocycles. The highest BCUT2D eigenvalue weighted by Crippen LogP contribution is 2.28. The van der Waals surface area contributed by atoms with Crippen LogP contribution in [0, 0.1) is 11.7 Å². The number of nitrogens with two attached hydrogens (primary N) is 1. The third kappa shape index (κ3) is 3.53. The average molecular weight is 335 g/mol. The van der Waals surface area contributed by atoms with Gasteiger partial charge < -0.3 is 4.90 Å². The molecule has 0 radical (unpaired) electrons. The van der Waals surface area contributed by atoms with Crippen LogP contribution in [-0.2, 0) is 10.0 Å². The average Bonchev–Trinajstić information content (AvgIpc) is 2.31. The van der Waals surface area contributed by atoms with Gasteiger partial charge in [0.2, 0.25) is 10.0 Å². The van der Waals surface area contributed by atoms with Crippen molar-refractivity contribution >= 4 is 27.5 Å². The van der Waals surface area contributed by atoms with Crippen LogP contribution < -0.4 is 5.14 Å². The molecular weight excluding hydrogens is 319 g/mol. The maximum atomic E-state index is 13.9. The van der Waals surface area contributed by atoms with Crippen molar-refractivity contribution in [2.45, 2.75) is 24.2 Å². The van der Waals surface area contributed by atoms with E-state index in [-0.39, 0.29) is 10.6 Å². The van der Waals surface area contributed by atoms with Crippen molar-refractivity contribution in [1.82, 2.24) is 4.90 Å². The highest BCUT2D eigenvalue weighted by molar-refractivity contribution is 7.89. The van der Waals surface area contributed by atoms with Crippen LogP contribution in [0.15, 0.2) is 17.0 Å². The molecule has 0 unspecified atom stereocenters. The first kappa shape index (κ1) is 16.2. The van der Waals surface area contributed by atoms with Crippen molar-refractivity contribution in [3.05, 3.63) is 28.5 Å². The Hall–Kier alpha value is -1.18. The Bertz CT molecular complexity index is 674. The predicted molar refractivity (Wildman–Crippen MR) is 77.1 cm³/mol. The number of nitrogens with zero attached hydrogens (tertiary/aromatic N) is 1. The van der Waals surface area contributed by atoms with Gasteiger partial charge in [0.1, 0.15) is 10.7 Å². The molecule has 2 N–H and O–H groups in total. The molecule has 0 saturated heterocycles. The minimum Gasteiger partial charge on any atom is -0.341 e. The van der Waals surface area contributed by atoms with Crippen molar-refractivity contribution in [3.63, 3.8) is 0 Å². The number of benzene rings is 1. The van der Waals surface area contributed by atoms with Gasteiger partial charge in [-0.1, -0.05) is 18.0 Å². The number of carbonyl (C=O) groups is 1. The van der Waals surface area contributed by atoms with Crippen LogP contribution in [0.3, 0.4) is 0 Å². The summed E-state index contributed by atoms with van der Waals surface area (Å²) >= 11 is 5.66. The second kappa shape index (κ2) is 5.90. The van der Waals surface area contributed by atoms with Crippen molar-refractivity contribution < 1.29 is 17.6 Å². The fourth-order valence-electron chi connectivity index (χ4n) is 2.26. The van der Waals surface area contributed by atoms with Crippen LogP contribution in [0.5, 0.6) is 0 Å². The monoisotopic (exact) mass is 334 g/mol. The molecule has 21 heavy (non-hydrogen) atoms. The van der Waals surface area contributed by atoms with Crippen LogP contribution >= 0.6 is 11.6 Å². The van der Waals surface area contributed by atoms with E-state index in [0.717, 1.165) is 31.4 Å². The van der Waals surface area contributed by atoms with Gasteiger partial charge >= 0.3 is 0 Å². The number of primary sulfonamides is 1. The zero-order valence-electron chi connectivity index (χ0n) is 11.5. The largest absolute Gasteiger partial charge is 0.341 e. The van der Waals surface area contributed by atoms with Gasteiger partial charge in [-0.2, -0.15) is 0 Å². The molecule has 1 aromatic rings. The molecule has 1 aliphatic rings. The Morgan fingerprint density at radius 1 is 1.48 bits per heavy atom. The summed E-state index contributed by atoms with van der Waals surface area (Å²) < 4.78 is 36.7. The number of rotatable bonds is 4. The molecule has 2 rings (SSSR count). The van der Waals surface area contributed by atoms with Crippen LogP contribution in [-0.4, -0.2) is 32.8 Å². The standard InChI is InChI=1S/C13H16ClFN2O3S/c1-17(7-8-3-2-4-8)13(18)9-5-12(21(16,19)20)10(14)6-11(9)15/h5-6,8H,2-4,7H2,1H3,(H2,16,19,20). The molecule has 1 amide bonds. The summed E-state index contributed by atoms with van der Waals surface area (Å²) in [5, 5.41) is 4.66. The minimum absolute atomic E-state index is 0.340. The van der Waals surface area contributed by atoms with Gasteiger partial charge in [-0.05, 0) is 30.9 Å². The molecule has 1 aromatic carbocycles. The van der Waals surface area contributed by atoms with Crippen molar-refractivity contribution in [2.24, 2.45) is 11.1 Å². The van der Waals surface area contributed by atoms with Gasteiger partial charge in [-0.25, -0.2) is 17.9 Å². The molecule has 1 saturated carbocycles. The van der Waals surface area contributed by atoms with E-state index in [1.165, 1.54) is 4.90 Å². The Labute approximate surface area is 127 Å². The number of hydrogen-bond donors (Lipinski definition) is 1. The summed E-state index contributed by atoms with van der Waals surface area (Å²) in [7, 11) is -2.56. The van der Waals surface area contributed by atoms with Gasteiger partial charge in [-0.3, -0.25) is 4.79 Å². The first-order valence-electron chi connectivity index (χ1n) is 6.47. The smallest absolute Gasteiger partial charge is 0.256 e. The van der Waals surface area contributed by atoms with E-state index in [2.05, 4.69) is 0 Å². The highest BCUT2D eigenvalue weighted by atomic mass is 35.5. The van der Waals surface area contributed by atoms with E-state index in [1.54, 1.807) is 7.05 Å². The van der Waals surface area contributed by atoms with Crippen LogP contribution in [0.25, 0.3) is 0 Å². The third-order valence-corrected chi connectivity index (χ3v) is 5.04. The lowest BCUT2D eigenvalue weighted by molar-refractivity contribution is 0.0740. The molecular formula is C13H16ClFN2O3S. The number of halogens is 2. The third-order valence-electron chi connectivity index (χ3n) is 3.66. The fraction of sp³-hybridized carbons (Fsp3) is 0.462. The quantitative estimate of drug-likeness (QED) is 0.914. The first-order valence-corrected chi connectivity index (χ1v) is 8.40. The Morgan fingerprint density at radius 2 is 2.10 bits per heavy atom. The summed E-state index contributed by atoms with van der Waals surface area (Å²) in [5.41, 5.74) is -0.342. The Kier molecular flexibility index (Phi) is 4.55. The highest BCUT2D eigenvalue weighted by Gasteiger charge is 2.25. The van der Waals surface area contributed by atoms with E-state index in [4.69, 9.17) is 16.7 Å². The van der Waals surface area contributed by atoms with Gasteiger partial charge in [0.05, 0.1) is 10.6 Å². The van der Waals surface area contributed by atoms with Crippen LogP contribution in [0.4, 0.5) is 4.39 Å². The zero-order valence-corrected chi connectivity index (χ0v) is 13.0. The molecule has 1 aliphatic carbocycles.